The second kappa shape index (κ2) is 8.81. The molecule has 0 saturated carbocycles. The highest BCUT2D eigenvalue weighted by Gasteiger charge is 2.28. The highest BCUT2D eigenvalue weighted by atomic mass is 35.5. The van der Waals surface area contributed by atoms with Crippen molar-refractivity contribution in [3.63, 3.8) is 0 Å². The number of amides is 1. The van der Waals surface area contributed by atoms with Crippen LogP contribution < -0.4 is 10.5 Å². The molecule has 4 aromatic rings. The highest BCUT2D eigenvalue weighted by molar-refractivity contribution is 6.09. The first-order chi connectivity index (χ1) is 16.4. The third kappa shape index (κ3) is 3.74. The maximum absolute atomic E-state index is 13.6. The predicted molar refractivity (Wildman–Crippen MR) is 139 cm³/mol. The van der Waals surface area contributed by atoms with Gasteiger partial charge in [0.15, 0.2) is 0 Å². The molecule has 1 fully saturated rings. The molecule has 6 rings (SSSR count). The van der Waals surface area contributed by atoms with Crippen molar-refractivity contribution >= 4 is 40.6 Å². The van der Waals surface area contributed by atoms with Crippen molar-refractivity contribution in [1.29, 1.82) is 0 Å². The van der Waals surface area contributed by atoms with Crippen molar-refractivity contribution < 1.29 is 9.53 Å². The lowest BCUT2D eigenvalue weighted by molar-refractivity contribution is 0.0835. The smallest absolute Gasteiger partial charge is 0.274 e. The summed E-state index contributed by atoms with van der Waals surface area (Å²) in [4.78, 5) is 36.4. The first kappa shape index (κ1) is 23.6. The number of nitrogens with zero attached hydrogens (tertiary/aromatic N) is 3. The lowest BCUT2D eigenvalue weighted by Crippen LogP contribution is -2.29. The molecule has 1 saturated heterocycles. The van der Waals surface area contributed by atoms with Gasteiger partial charge in [-0.25, -0.2) is 4.98 Å². The molecule has 4 heterocycles. The van der Waals surface area contributed by atoms with Gasteiger partial charge in [0.05, 0.1) is 16.7 Å². The molecule has 2 aliphatic rings. The van der Waals surface area contributed by atoms with Crippen molar-refractivity contribution in [3.05, 3.63) is 74.5 Å². The van der Waals surface area contributed by atoms with Gasteiger partial charge < -0.3 is 14.6 Å². The fourth-order valence-corrected chi connectivity index (χ4v) is 5.57. The zero-order chi connectivity index (χ0) is 23.6. The van der Waals surface area contributed by atoms with E-state index in [2.05, 4.69) is 18.0 Å². The van der Waals surface area contributed by atoms with E-state index in [1.807, 2.05) is 47.4 Å². The summed E-state index contributed by atoms with van der Waals surface area (Å²) in [6.07, 6.45) is 2.63. The maximum Gasteiger partial charge on any atom is 0.274 e. The second-order valence-electron chi connectivity index (χ2n) is 9.60. The predicted octanol–water partition coefficient (Wildman–Crippen LogP) is 4.62. The van der Waals surface area contributed by atoms with Gasteiger partial charge in [-0.05, 0) is 69.4 Å². The third-order valence-corrected chi connectivity index (χ3v) is 7.32. The molecule has 182 valence electrons. The third-order valence-electron chi connectivity index (χ3n) is 7.32. The van der Waals surface area contributed by atoms with E-state index >= 15 is 0 Å². The number of aryl methyl sites for hydroxylation is 3. The monoisotopic (exact) mass is 492 g/mol. The number of H-pyrrole nitrogens is 1. The Labute approximate surface area is 209 Å². The Morgan fingerprint density at radius 2 is 1.89 bits per heavy atom. The largest absolute Gasteiger partial charge is 0.381 e. The minimum Gasteiger partial charge on any atom is -0.381 e. The topological polar surface area (TPSA) is 79.7 Å². The van der Waals surface area contributed by atoms with Crippen LogP contribution in [0.25, 0.3) is 16.6 Å². The van der Waals surface area contributed by atoms with Crippen LogP contribution in [0.4, 0.5) is 5.69 Å². The summed E-state index contributed by atoms with van der Waals surface area (Å²) in [5, 5.41) is 0. The number of aromatic nitrogens is 3. The normalized spacial score (nSPS) is 16.0. The van der Waals surface area contributed by atoms with Gasteiger partial charge in [-0.2, -0.15) is 0 Å². The van der Waals surface area contributed by atoms with Gasteiger partial charge in [-0.3, -0.25) is 14.0 Å². The number of hydrogen-bond donors (Lipinski definition) is 1. The Morgan fingerprint density at radius 1 is 1.11 bits per heavy atom. The summed E-state index contributed by atoms with van der Waals surface area (Å²) in [6.45, 7) is 7.99. The maximum atomic E-state index is 13.6. The van der Waals surface area contributed by atoms with E-state index in [-0.39, 0.29) is 29.8 Å². The summed E-state index contributed by atoms with van der Waals surface area (Å²) in [5.74, 6) is 1.12. The van der Waals surface area contributed by atoms with E-state index in [1.165, 1.54) is 11.1 Å². The first-order valence-electron chi connectivity index (χ1n) is 12.0. The van der Waals surface area contributed by atoms with Crippen LogP contribution in [0.1, 0.15) is 57.3 Å². The Bertz CT molecular complexity index is 1530. The number of carbonyl (C=O) groups is 1. The van der Waals surface area contributed by atoms with Gasteiger partial charge in [0.1, 0.15) is 11.3 Å². The van der Waals surface area contributed by atoms with Gasteiger partial charge >= 0.3 is 0 Å². The van der Waals surface area contributed by atoms with Crippen LogP contribution in [0.3, 0.4) is 0 Å². The summed E-state index contributed by atoms with van der Waals surface area (Å²) in [6, 6.07) is 10.1. The summed E-state index contributed by atoms with van der Waals surface area (Å²) in [5.41, 5.74) is 7.54. The number of anilines is 1. The number of imidazole rings is 1. The Balaban J connectivity index is 0.00000253. The number of ether oxygens (including phenoxy) is 1. The molecule has 0 atom stereocenters. The average Bonchev–Trinajstić information content (AvgIpc) is 3.40. The minimum absolute atomic E-state index is 0. The van der Waals surface area contributed by atoms with Crippen LogP contribution in [0, 0.1) is 20.8 Å². The molecule has 2 aliphatic heterocycles. The molecular weight excluding hydrogens is 464 g/mol. The Kier molecular flexibility index (Phi) is 5.93. The van der Waals surface area contributed by atoms with E-state index in [4.69, 9.17) is 9.72 Å². The molecule has 0 aliphatic carbocycles. The molecule has 1 amide bonds. The molecule has 2 aromatic carbocycles. The molecule has 8 heteroatoms. The molecule has 35 heavy (non-hydrogen) atoms. The summed E-state index contributed by atoms with van der Waals surface area (Å²) < 4.78 is 7.55. The molecule has 0 spiro atoms. The number of rotatable bonds is 2. The summed E-state index contributed by atoms with van der Waals surface area (Å²) >= 11 is 0. The van der Waals surface area contributed by atoms with Crippen molar-refractivity contribution in [3.8, 4) is 0 Å². The van der Waals surface area contributed by atoms with E-state index in [0.29, 0.717) is 36.4 Å². The van der Waals surface area contributed by atoms with Crippen LogP contribution in [0.15, 0.2) is 35.1 Å². The SMILES string of the molecule is Cc1ccc2c(c1)CCN2C(=O)c1cc2[nH]c(=O)c3c(C)nc(C4CCOCC4)n3c2cc1C.Cl. The quantitative estimate of drug-likeness (QED) is 0.443. The van der Waals surface area contributed by atoms with Crippen molar-refractivity contribution in [2.75, 3.05) is 24.7 Å². The number of aromatic amines is 1. The molecule has 2 aromatic heterocycles. The fraction of sp³-hybridized carbons (Fsp3) is 0.370. The van der Waals surface area contributed by atoms with Crippen molar-refractivity contribution in [1.82, 2.24) is 14.4 Å². The zero-order valence-corrected chi connectivity index (χ0v) is 21.0. The van der Waals surface area contributed by atoms with E-state index in [1.54, 1.807) is 0 Å². The summed E-state index contributed by atoms with van der Waals surface area (Å²) in [7, 11) is 0. The molecule has 0 radical (unpaired) electrons. The van der Waals surface area contributed by atoms with Crippen LogP contribution in [-0.2, 0) is 11.2 Å². The van der Waals surface area contributed by atoms with E-state index < -0.39 is 0 Å². The Morgan fingerprint density at radius 3 is 2.66 bits per heavy atom. The number of nitrogens with one attached hydrogen (secondary N) is 1. The van der Waals surface area contributed by atoms with Gasteiger partial charge in [0, 0.05) is 36.9 Å². The van der Waals surface area contributed by atoms with Crippen molar-refractivity contribution in [2.24, 2.45) is 0 Å². The van der Waals surface area contributed by atoms with Crippen LogP contribution in [-0.4, -0.2) is 40.0 Å². The van der Waals surface area contributed by atoms with E-state index in [0.717, 1.165) is 47.5 Å². The van der Waals surface area contributed by atoms with Gasteiger partial charge in [0.25, 0.3) is 11.5 Å². The zero-order valence-electron chi connectivity index (χ0n) is 20.2. The minimum atomic E-state index is -0.181. The lowest BCUT2D eigenvalue weighted by atomic mass is 9.99. The average molecular weight is 493 g/mol. The fourth-order valence-electron chi connectivity index (χ4n) is 5.57. The number of fused-ring (bicyclic) bond motifs is 4. The number of benzene rings is 2. The van der Waals surface area contributed by atoms with Crippen LogP contribution in [0.5, 0.6) is 0 Å². The number of carbonyl (C=O) groups excluding carboxylic acids is 1. The van der Waals surface area contributed by atoms with Crippen molar-refractivity contribution in [2.45, 2.75) is 46.0 Å². The van der Waals surface area contributed by atoms with Gasteiger partial charge in [-0.1, -0.05) is 17.7 Å². The molecule has 0 bridgehead atoms. The number of hydrogen-bond acceptors (Lipinski definition) is 4. The molecular formula is C27H29ClN4O3. The van der Waals surface area contributed by atoms with E-state index in [9.17, 15) is 9.59 Å². The lowest BCUT2D eigenvalue weighted by Gasteiger charge is -2.22. The molecule has 0 unspecified atom stereocenters. The standard InChI is InChI=1S/C27H28N4O3.ClH/c1-15-4-5-22-19(12-15)6-9-30(22)27(33)20-14-21-23(13-16(20)2)31-24(26(32)29-21)17(3)28-25(31)18-7-10-34-11-8-18;/h4-5,12-14,18H,6-11H2,1-3H3,(H,29,32);1H. The highest BCUT2D eigenvalue weighted by Crippen LogP contribution is 2.33. The second-order valence-corrected chi connectivity index (χ2v) is 9.60. The van der Waals surface area contributed by atoms with Crippen LogP contribution in [0.2, 0.25) is 0 Å². The number of halogens is 1. The van der Waals surface area contributed by atoms with Gasteiger partial charge in [0.2, 0.25) is 0 Å². The molecule has 1 N–H and O–H groups in total. The Hall–Kier alpha value is -3.16. The van der Waals surface area contributed by atoms with Crippen LogP contribution >= 0.6 is 12.4 Å². The first-order valence-corrected chi connectivity index (χ1v) is 12.0. The van der Waals surface area contributed by atoms with Gasteiger partial charge in [-0.15, -0.1) is 12.4 Å². The molecule has 7 nitrogen and oxygen atoms in total.